The normalized spacial score (nSPS) is 13.4. The Morgan fingerprint density at radius 3 is 2.18 bits per heavy atom. The Morgan fingerprint density at radius 2 is 1.82 bits per heavy atom. The first kappa shape index (κ1) is 13.7. The van der Waals surface area contributed by atoms with Gasteiger partial charge in [-0.2, -0.15) is 0 Å². The third kappa shape index (κ3) is 2.85. The van der Waals surface area contributed by atoms with Crippen LogP contribution in [0.5, 0.6) is 11.5 Å². The van der Waals surface area contributed by atoms with Gasteiger partial charge >= 0.3 is 0 Å². The lowest BCUT2D eigenvalue weighted by Gasteiger charge is -2.19. The molecule has 1 unspecified atom stereocenters. The van der Waals surface area contributed by atoms with E-state index in [2.05, 4.69) is 0 Å². The number of benzene rings is 1. The molecule has 0 aromatic heterocycles. The fourth-order valence-electron chi connectivity index (χ4n) is 1.56. The van der Waals surface area contributed by atoms with E-state index in [0.29, 0.717) is 0 Å². The van der Waals surface area contributed by atoms with Crippen molar-refractivity contribution in [1.82, 2.24) is 0 Å². The zero-order valence-electron chi connectivity index (χ0n) is 10.3. The molecule has 1 N–H and O–H groups in total. The van der Waals surface area contributed by atoms with E-state index in [9.17, 15) is 13.9 Å². The minimum atomic E-state index is -3.00. The molecular weight excluding hydrogens is 230 g/mol. The third-order valence-corrected chi connectivity index (χ3v) is 2.46. The van der Waals surface area contributed by atoms with Gasteiger partial charge in [0.2, 0.25) is 0 Å². The molecule has 0 aliphatic rings. The number of aliphatic hydroxyl groups is 1. The molecule has 1 rings (SSSR count). The van der Waals surface area contributed by atoms with Crippen LogP contribution < -0.4 is 9.47 Å². The van der Waals surface area contributed by atoms with E-state index in [-0.39, 0.29) is 22.6 Å². The van der Waals surface area contributed by atoms with E-state index in [0.717, 1.165) is 6.92 Å². The second-order valence-corrected chi connectivity index (χ2v) is 3.87. The van der Waals surface area contributed by atoms with Crippen LogP contribution in [0.2, 0.25) is 0 Å². The monoisotopic (exact) mass is 246 g/mol. The summed E-state index contributed by atoms with van der Waals surface area (Å²) in [6.45, 7) is 2.27. The van der Waals surface area contributed by atoms with E-state index in [1.807, 2.05) is 0 Å². The van der Waals surface area contributed by atoms with Crippen LogP contribution in [0.4, 0.5) is 8.78 Å². The molecule has 0 heterocycles. The molecule has 5 heteroatoms. The van der Waals surface area contributed by atoms with Crippen LogP contribution in [-0.2, 0) is 5.92 Å². The quantitative estimate of drug-likeness (QED) is 0.887. The Labute approximate surface area is 99.0 Å². The Hall–Kier alpha value is -1.36. The number of hydrogen-bond donors (Lipinski definition) is 1. The lowest BCUT2D eigenvalue weighted by atomic mass is 10.0. The molecule has 96 valence electrons. The zero-order chi connectivity index (χ0) is 13.2. The molecular formula is C12H16F2O3. The molecule has 1 aromatic rings. The van der Waals surface area contributed by atoms with Crippen LogP contribution >= 0.6 is 0 Å². The second kappa shape index (κ2) is 4.87. The summed E-state index contributed by atoms with van der Waals surface area (Å²) in [5.74, 6) is -2.54. The molecule has 1 aromatic carbocycles. The maximum Gasteiger partial charge on any atom is 0.270 e. The van der Waals surface area contributed by atoms with Crippen LogP contribution in [0.1, 0.15) is 31.1 Å². The first-order valence-corrected chi connectivity index (χ1v) is 5.13. The molecule has 17 heavy (non-hydrogen) atoms. The average molecular weight is 246 g/mol. The lowest BCUT2D eigenvalue weighted by molar-refractivity contribution is 0.0169. The predicted molar refractivity (Wildman–Crippen MR) is 59.7 cm³/mol. The summed E-state index contributed by atoms with van der Waals surface area (Å²) in [7, 11) is 2.76. The van der Waals surface area contributed by atoms with Gasteiger partial charge in [-0.05, 0) is 19.1 Å². The van der Waals surface area contributed by atoms with E-state index >= 15 is 0 Å². The summed E-state index contributed by atoms with van der Waals surface area (Å²) in [5.41, 5.74) is 0.0643. The highest BCUT2D eigenvalue weighted by molar-refractivity contribution is 5.51. The van der Waals surface area contributed by atoms with E-state index < -0.39 is 12.0 Å². The highest BCUT2D eigenvalue weighted by atomic mass is 19.3. The molecule has 0 saturated carbocycles. The van der Waals surface area contributed by atoms with Crippen LogP contribution in [0, 0.1) is 0 Å². The molecule has 0 amide bonds. The van der Waals surface area contributed by atoms with Crippen molar-refractivity contribution in [3.63, 3.8) is 0 Å². The molecule has 0 radical (unpaired) electrons. The fraction of sp³-hybridized carbons (Fsp3) is 0.500. The highest BCUT2D eigenvalue weighted by Gasteiger charge is 2.28. The van der Waals surface area contributed by atoms with Crippen molar-refractivity contribution >= 4 is 0 Å². The topological polar surface area (TPSA) is 38.7 Å². The number of methoxy groups -OCH3 is 2. The van der Waals surface area contributed by atoms with E-state index in [1.165, 1.54) is 33.3 Å². The first-order chi connectivity index (χ1) is 7.81. The molecule has 0 fully saturated rings. The number of halogens is 2. The van der Waals surface area contributed by atoms with Crippen LogP contribution in [0.3, 0.4) is 0 Å². The summed E-state index contributed by atoms with van der Waals surface area (Å²) in [6, 6.07) is 2.44. The van der Waals surface area contributed by atoms with Crippen molar-refractivity contribution in [2.75, 3.05) is 14.2 Å². The van der Waals surface area contributed by atoms with Gasteiger partial charge in [0.05, 0.1) is 20.3 Å². The van der Waals surface area contributed by atoms with Gasteiger partial charge in [-0.25, -0.2) is 8.78 Å². The summed E-state index contributed by atoms with van der Waals surface area (Å²) < 4.78 is 36.6. The SMILES string of the molecule is COc1cc(C(C)(F)F)cc(C(C)O)c1OC. The third-order valence-electron chi connectivity index (χ3n) is 2.46. The summed E-state index contributed by atoms with van der Waals surface area (Å²) in [5, 5.41) is 9.57. The van der Waals surface area contributed by atoms with Crippen molar-refractivity contribution in [2.45, 2.75) is 25.9 Å². The van der Waals surface area contributed by atoms with Crippen molar-refractivity contribution < 1.29 is 23.4 Å². The summed E-state index contributed by atoms with van der Waals surface area (Å²) in [4.78, 5) is 0. The highest BCUT2D eigenvalue weighted by Crippen LogP contribution is 2.40. The summed E-state index contributed by atoms with van der Waals surface area (Å²) >= 11 is 0. The van der Waals surface area contributed by atoms with Crippen LogP contribution in [-0.4, -0.2) is 19.3 Å². The number of aliphatic hydroxyl groups excluding tert-OH is 1. The molecule has 0 aliphatic carbocycles. The lowest BCUT2D eigenvalue weighted by Crippen LogP contribution is -2.10. The van der Waals surface area contributed by atoms with Gasteiger partial charge in [0.1, 0.15) is 0 Å². The van der Waals surface area contributed by atoms with Gasteiger partial charge in [-0.3, -0.25) is 0 Å². The van der Waals surface area contributed by atoms with Gasteiger partial charge in [0.15, 0.2) is 11.5 Å². The van der Waals surface area contributed by atoms with Gasteiger partial charge in [0, 0.05) is 18.1 Å². The van der Waals surface area contributed by atoms with Gasteiger partial charge in [-0.15, -0.1) is 0 Å². The number of ether oxygens (including phenoxy) is 2. The largest absolute Gasteiger partial charge is 0.493 e. The van der Waals surface area contributed by atoms with Crippen LogP contribution in [0.25, 0.3) is 0 Å². The number of alkyl halides is 2. The maximum absolute atomic E-state index is 13.3. The number of rotatable bonds is 4. The van der Waals surface area contributed by atoms with Gasteiger partial charge < -0.3 is 14.6 Å². The molecule has 3 nitrogen and oxygen atoms in total. The standard InChI is InChI=1S/C12H16F2O3/c1-7(15)9-5-8(12(2,13)14)6-10(16-3)11(9)17-4/h5-7,15H,1-4H3. The van der Waals surface area contributed by atoms with Crippen LogP contribution in [0.15, 0.2) is 12.1 Å². The minimum Gasteiger partial charge on any atom is -0.493 e. The Balaban J connectivity index is 3.46. The summed E-state index contributed by atoms with van der Waals surface area (Å²) in [6.07, 6.45) is -0.916. The molecule has 1 atom stereocenters. The smallest absolute Gasteiger partial charge is 0.270 e. The number of hydrogen-bond acceptors (Lipinski definition) is 3. The zero-order valence-corrected chi connectivity index (χ0v) is 10.3. The Kier molecular flexibility index (Phi) is 3.93. The first-order valence-electron chi connectivity index (χ1n) is 5.13. The molecule has 0 saturated heterocycles. The Morgan fingerprint density at radius 1 is 1.24 bits per heavy atom. The molecule has 0 spiro atoms. The van der Waals surface area contributed by atoms with Crippen molar-refractivity contribution in [2.24, 2.45) is 0 Å². The molecule has 0 bridgehead atoms. The Bertz CT molecular complexity index is 397. The van der Waals surface area contributed by atoms with Crippen molar-refractivity contribution in [3.05, 3.63) is 23.3 Å². The second-order valence-electron chi connectivity index (χ2n) is 3.87. The predicted octanol–water partition coefficient (Wildman–Crippen LogP) is 2.87. The van der Waals surface area contributed by atoms with E-state index in [1.54, 1.807) is 0 Å². The van der Waals surface area contributed by atoms with Gasteiger partial charge in [-0.1, -0.05) is 0 Å². The van der Waals surface area contributed by atoms with Gasteiger partial charge in [0.25, 0.3) is 5.92 Å². The minimum absolute atomic E-state index is 0.183. The fourth-order valence-corrected chi connectivity index (χ4v) is 1.56. The van der Waals surface area contributed by atoms with E-state index in [4.69, 9.17) is 9.47 Å². The average Bonchev–Trinajstić information content (AvgIpc) is 2.25. The maximum atomic E-state index is 13.3. The van der Waals surface area contributed by atoms with Crippen molar-refractivity contribution in [1.29, 1.82) is 0 Å². The van der Waals surface area contributed by atoms with Crippen molar-refractivity contribution in [3.8, 4) is 11.5 Å². The molecule has 0 aliphatic heterocycles.